The van der Waals surface area contributed by atoms with Gasteiger partial charge < -0.3 is 15.1 Å². The van der Waals surface area contributed by atoms with Crippen LogP contribution in [0.5, 0.6) is 0 Å². The molecule has 0 radical (unpaired) electrons. The van der Waals surface area contributed by atoms with Gasteiger partial charge in [-0.3, -0.25) is 4.79 Å². The number of rotatable bonds is 5. The number of benzene rings is 1. The molecule has 0 amide bonds. The molecule has 25 heavy (non-hydrogen) atoms. The summed E-state index contributed by atoms with van der Waals surface area (Å²) in [4.78, 5) is 14.3. The first-order chi connectivity index (χ1) is 12.0. The summed E-state index contributed by atoms with van der Waals surface area (Å²) in [6.45, 7) is 1.97. The molecule has 1 heterocycles. The van der Waals surface area contributed by atoms with E-state index in [4.69, 9.17) is 0 Å². The van der Waals surface area contributed by atoms with Crippen LogP contribution in [0.2, 0.25) is 0 Å². The number of piperidine rings is 1. The van der Waals surface area contributed by atoms with E-state index in [1.807, 2.05) is 0 Å². The summed E-state index contributed by atoms with van der Waals surface area (Å²) in [6.07, 6.45) is 5.94. The van der Waals surface area contributed by atoms with Gasteiger partial charge in [0.2, 0.25) is 0 Å². The number of carboxylic acid groups (broad SMARTS) is 1. The summed E-state index contributed by atoms with van der Waals surface area (Å²) in [5, 5.41) is 20.5. The Morgan fingerprint density at radius 3 is 2.68 bits per heavy atom. The van der Waals surface area contributed by atoms with E-state index in [9.17, 15) is 19.4 Å². The number of hydrogen-bond donors (Lipinski definition) is 2. The van der Waals surface area contributed by atoms with Gasteiger partial charge in [-0.2, -0.15) is 0 Å². The molecular weight excluding hydrogens is 321 g/mol. The molecule has 1 aliphatic heterocycles. The van der Waals surface area contributed by atoms with Gasteiger partial charge in [0, 0.05) is 19.6 Å². The quantitative estimate of drug-likeness (QED) is 0.858. The lowest BCUT2D eigenvalue weighted by atomic mass is 9.72. The monoisotopic (exact) mass is 349 g/mol. The number of aliphatic hydroxyl groups excluding tert-OH is 1. The second-order valence-corrected chi connectivity index (χ2v) is 7.81. The van der Waals surface area contributed by atoms with Crippen molar-refractivity contribution >= 4 is 5.97 Å². The van der Waals surface area contributed by atoms with Gasteiger partial charge in [0.15, 0.2) is 0 Å². The maximum absolute atomic E-state index is 13.5. The molecular formula is C20H28FNO3. The summed E-state index contributed by atoms with van der Waals surface area (Å²) < 4.78 is 13.5. The molecule has 0 bridgehead atoms. The van der Waals surface area contributed by atoms with Gasteiger partial charge in [-0.25, -0.2) is 4.39 Å². The Balaban J connectivity index is 1.76. The fraction of sp³-hybridized carbons (Fsp3) is 0.650. The highest BCUT2D eigenvalue weighted by Crippen LogP contribution is 2.36. The Bertz CT molecular complexity index is 602. The Morgan fingerprint density at radius 1 is 1.24 bits per heavy atom. The van der Waals surface area contributed by atoms with Crippen LogP contribution in [0.15, 0.2) is 24.3 Å². The van der Waals surface area contributed by atoms with Crippen molar-refractivity contribution in [3.05, 3.63) is 35.6 Å². The Kier molecular flexibility index (Phi) is 5.74. The maximum atomic E-state index is 13.5. The van der Waals surface area contributed by atoms with E-state index in [2.05, 4.69) is 4.90 Å². The Hall–Kier alpha value is -1.46. The smallest absolute Gasteiger partial charge is 0.313 e. The van der Waals surface area contributed by atoms with Crippen molar-refractivity contribution in [1.82, 2.24) is 4.90 Å². The summed E-state index contributed by atoms with van der Waals surface area (Å²) in [5.41, 5.74) is -0.637. The van der Waals surface area contributed by atoms with Gasteiger partial charge in [-0.1, -0.05) is 31.4 Å². The number of aliphatic hydroxyl groups is 1. The lowest BCUT2D eigenvalue weighted by molar-refractivity contribution is -0.163. The van der Waals surface area contributed by atoms with E-state index in [1.54, 1.807) is 12.1 Å². The van der Waals surface area contributed by atoms with Crippen molar-refractivity contribution in [3.8, 4) is 0 Å². The zero-order valence-electron chi connectivity index (χ0n) is 14.7. The first kappa shape index (κ1) is 18.3. The predicted molar refractivity (Wildman–Crippen MR) is 93.8 cm³/mol. The maximum Gasteiger partial charge on any atom is 0.313 e. The van der Waals surface area contributed by atoms with Gasteiger partial charge in [0.05, 0.1) is 6.10 Å². The van der Waals surface area contributed by atoms with Gasteiger partial charge in [-0.15, -0.1) is 0 Å². The van der Waals surface area contributed by atoms with E-state index >= 15 is 0 Å². The third kappa shape index (κ3) is 4.21. The fourth-order valence-corrected chi connectivity index (χ4v) is 4.53. The minimum Gasteiger partial charge on any atom is -0.481 e. The molecule has 5 heteroatoms. The van der Waals surface area contributed by atoms with Crippen molar-refractivity contribution in [3.63, 3.8) is 0 Å². The van der Waals surface area contributed by atoms with Crippen LogP contribution in [0.1, 0.15) is 44.1 Å². The third-order valence-corrected chi connectivity index (χ3v) is 5.94. The molecule has 2 atom stereocenters. The largest absolute Gasteiger partial charge is 0.481 e. The molecule has 2 N–H and O–H groups in total. The van der Waals surface area contributed by atoms with Crippen LogP contribution < -0.4 is 0 Å². The van der Waals surface area contributed by atoms with Crippen molar-refractivity contribution < 1.29 is 19.4 Å². The lowest BCUT2D eigenvalue weighted by Gasteiger charge is -2.44. The standard InChI is InChI=1S/C20H28FNO3/c21-17-8-4-7-16(11-17)12-20(19(24)25)14-22(10-9-18(20)23)13-15-5-2-1-3-6-15/h4,7-8,11,15,18,23H,1-3,5-6,9-10,12-14H2,(H,24,25)/t18-,20+/m0/s1. The van der Waals surface area contributed by atoms with Crippen LogP contribution in [0.25, 0.3) is 0 Å². The van der Waals surface area contributed by atoms with Gasteiger partial charge in [0.1, 0.15) is 11.2 Å². The SMILES string of the molecule is O=C(O)[C@]1(Cc2cccc(F)c2)CN(CC2CCCCC2)CC[C@@H]1O. The van der Waals surface area contributed by atoms with Crippen LogP contribution in [-0.4, -0.2) is 46.8 Å². The van der Waals surface area contributed by atoms with Gasteiger partial charge >= 0.3 is 5.97 Å². The van der Waals surface area contributed by atoms with E-state index in [0.29, 0.717) is 24.4 Å². The molecule has 1 aromatic carbocycles. The minimum atomic E-state index is -1.26. The van der Waals surface area contributed by atoms with Gasteiger partial charge in [-0.05, 0) is 49.3 Å². The number of carbonyl (C=O) groups is 1. The lowest BCUT2D eigenvalue weighted by Crippen LogP contribution is -2.57. The molecule has 0 spiro atoms. The number of carboxylic acids is 1. The molecule has 1 aliphatic carbocycles. The highest BCUT2D eigenvalue weighted by atomic mass is 19.1. The number of nitrogens with zero attached hydrogens (tertiary/aromatic N) is 1. The molecule has 0 aromatic heterocycles. The molecule has 1 saturated heterocycles. The first-order valence-corrected chi connectivity index (χ1v) is 9.38. The summed E-state index contributed by atoms with van der Waals surface area (Å²) in [5.74, 6) is -0.732. The highest BCUT2D eigenvalue weighted by Gasteiger charge is 2.49. The highest BCUT2D eigenvalue weighted by molar-refractivity contribution is 5.76. The van der Waals surface area contributed by atoms with Crippen LogP contribution in [0.4, 0.5) is 4.39 Å². The molecule has 1 aromatic rings. The molecule has 1 saturated carbocycles. The van der Waals surface area contributed by atoms with E-state index in [1.165, 1.54) is 44.2 Å². The average Bonchev–Trinajstić information content (AvgIpc) is 2.59. The normalized spacial score (nSPS) is 28.8. The molecule has 2 fully saturated rings. The van der Waals surface area contributed by atoms with E-state index in [0.717, 1.165) is 13.1 Å². The summed E-state index contributed by atoms with van der Waals surface area (Å²) in [6, 6.07) is 6.05. The molecule has 4 nitrogen and oxygen atoms in total. The first-order valence-electron chi connectivity index (χ1n) is 9.38. The zero-order valence-corrected chi connectivity index (χ0v) is 14.7. The van der Waals surface area contributed by atoms with Crippen molar-refractivity contribution in [2.24, 2.45) is 11.3 Å². The van der Waals surface area contributed by atoms with Crippen LogP contribution in [-0.2, 0) is 11.2 Å². The third-order valence-electron chi connectivity index (χ3n) is 5.94. The predicted octanol–water partition coefficient (Wildman–Crippen LogP) is 3.09. The van der Waals surface area contributed by atoms with Gasteiger partial charge in [0.25, 0.3) is 0 Å². The zero-order chi connectivity index (χ0) is 17.9. The van der Waals surface area contributed by atoms with E-state index < -0.39 is 17.5 Å². The molecule has 0 unspecified atom stereocenters. The Labute approximate surface area is 148 Å². The summed E-state index contributed by atoms with van der Waals surface area (Å²) >= 11 is 0. The van der Waals surface area contributed by atoms with Crippen LogP contribution >= 0.6 is 0 Å². The topological polar surface area (TPSA) is 60.8 Å². The minimum absolute atomic E-state index is 0.155. The van der Waals surface area contributed by atoms with Crippen molar-refractivity contribution in [2.75, 3.05) is 19.6 Å². The fourth-order valence-electron chi connectivity index (χ4n) is 4.53. The average molecular weight is 349 g/mol. The number of hydrogen-bond acceptors (Lipinski definition) is 3. The van der Waals surface area contributed by atoms with Crippen LogP contribution in [0.3, 0.4) is 0 Å². The molecule has 138 valence electrons. The number of aliphatic carboxylic acids is 1. The second kappa shape index (κ2) is 7.83. The van der Waals surface area contributed by atoms with Crippen LogP contribution in [0, 0.1) is 17.2 Å². The van der Waals surface area contributed by atoms with Crippen molar-refractivity contribution in [2.45, 2.75) is 51.0 Å². The number of likely N-dealkylation sites (tertiary alicyclic amines) is 1. The van der Waals surface area contributed by atoms with Crippen molar-refractivity contribution in [1.29, 1.82) is 0 Å². The number of halogens is 1. The molecule has 3 rings (SSSR count). The molecule has 2 aliphatic rings. The van der Waals surface area contributed by atoms with E-state index in [-0.39, 0.29) is 12.2 Å². The Morgan fingerprint density at radius 2 is 2.00 bits per heavy atom. The second-order valence-electron chi connectivity index (χ2n) is 7.81. The summed E-state index contributed by atoms with van der Waals surface area (Å²) in [7, 11) is 0.